The van der Waals surface area contributed by atoms with E-state index in [0.717, 1.165) is 43.1 Å². The number of benzene rings is 1. The smallest absolute Gasteiger partial charge is 0.204 e. The minimum absolute atomic E-state index is 0.596. The molecule has 0 radical (unpaired) electrons. The normalized spacial score (nSPS) is 11.2. The Morgan fingerprint density at radius 1 is 1.28 bits per heavy atom. The summed E-state index contributed by atoms with van der Waals surface area (Å²) in [5, 5.41) is 23.1. The molecule has 0 fully saturated rings. The lowest BCUT2D eigenvalue weighted by Gasteiger charge is -2.20. The summed E-state index contributed by atoms with van der Waals surface area (Å²) < 4.78 is 0. The molecule has 0 atom stereocenters. The van der Waals surface area contributed by atoms with Crippen molar-refractivity contribution < 1.29 is 0 Å². The van der Waals surface area contributed by atoms with Crippen LogP contribution in [-0.2, 0) is 19.6 Å². The number of nitrogens with one attached hydrogen (secondary N) is 1. The number of aryl methyl sites for hydroxylation is 2. The number of hydrogen-bond donors (Lipinski definition) is 1. The molecule has 130 valence electrons. The summed E-state index contributed by atoms with van der Waals surface area (Å²) in [6.07, 6.45) is 1.91. The van der Waals surface area contributed by atoms with Crippen molar-refractivity contribution in [1.82, 2.24) is 40.5 Å². The number of rotatable bonds is 8. The van der Waals surface area contributed by atoms with Gasteiger partial charge in [-0.3, -0.25) is 4.90 Å². The van der Waals surface area contributed by atoms with Gasteiger partial charge in [0.2, 0.25) is 5.82 Å². The van der Waals surface area contributed by atoms with Gasteiger partial charge in [-0.2, -0.15) is 20.2 Å². The maximum absolute atomic E-state index is 4.55. The molecule has 3 aromatic rings. The van der Waals surface area contributed by atoms with Gasteiger partial charge in [0.1, 0.15) is 0 Å². The van der Waals surface area contributed by atoms with E-state index in [4.69, 9.17) is 0 Å². The third-order valence-electron chi connectivity index (χ3n) is 3.90. The predicted molar refractivity (Wildman–Crippen MR) is 94.4 cm³/mol. The van der Waals surface area contributed by atoms with E-state index in [1.807, 2.05) is 32.1 Å². The van der Waals surface area contributed by atoms with E-state index in [9.17, 15) is 0 Å². The average Bonchev–Trinajstić information content (AvgIpc) is 3.26. The van der Waals surface area contributed by atoms with Gasteiger partial charge in [-0.1, -0.05) is 24.3 Å². The number of hydrogen-bond acceptors (Lipinski definition) is 6. The Labute approximate surface area is 146 Å². The number of tetrazole rings is 1. The van der Waals surface area contributed by atoms with Gasteiger partial charge in [0.25, 0.3) is 0 Å². The van der Waals surface area contributed by atoms with Crippen LogP contribution in [0.3, 0.4) is 0 Å². The summed E-state index contributed by atoms with van der Waals surface area (Å²) >= 11 is 0. The van der Waals surface area contributed by atoms with Crippen molar-refractivity contribution in [1.29, 1.82) is 0 Å². The van der Waals surface area contributed by atoms with Crippen LogP contribution >= 0.6 is 0 Å². The SMILES string of the molecule is C=CCN(Cc1cccc(-c2nn[nH]n2)c1)Cc1nn(CC)nc1C. The van der Waals surface area contributed by atoms with Gasteiger partial charge in [0.05, 0.1) is 17.9 Å². The molecule has 8 heteroatoms. The third kappa shape index (κ3) is 4.16. The quantitative estimate of drug-likeness (QED) is 0.632. The monoisotopic (exact) mass is 338 g/mol. The minimum Gasteiger partial charge on any atom is -0.289 e. The van der Waals surface area contributed by atoms with Crippen molar-refractivity contribution >= 4 is 0 Å². The van der Waals surface area contributed by atoms with Gasteiger partial charge in [-0.15, -0.1) is 16.8 Å². The molecule has 0 saturated heterocycles. The molecule has 2 aromatic heterocycles. The van der Waals surface area contributed by atoms with E-state index in [1.54, 1.807) is 4.80 Å². The van der Waals surface area contributed by atoms with Crippen LogP contribution in [0.2, 0.25) is 0 Å². The summed E-state index contributed by atoms with van der Waals surface area (Å²) in [6.45, 7) is 10.9. The maximum Gasteiger partial charge on any atom is 0.204 e. The second kappa shape index (κ2) is 7.80. The van der Waals surface area contributed by atoms with Crippen molar-refractivity contribution in [3.05, 3.63) is 53.9 Å². The minimum atomic E-state index is 0.596. The van der Waals surface area contributed by atoms with Crippen molar-refractivity contribution in [2.24, 2.45) is 0 Å². The van der Waals surface area contributed by atoms with Crippen molar-refractivity contribution in [3.8, 4) is 11.4 Å². The summed E-state index contributed by atoms with van der Waals surface area (Å²) in [7, 11) is 0. The molecule has 1 aromatic carbocycles. The summed E-state index contributed by atoms with van der Waals surface area (Å²) in [6, 6.07) is 8.15. The van der Waals surface area contributed by atoms with Crippen LogP contribution in [0.15, 0.2) is 36.9 Å². The first-order chi connectivity index (χ1) is 12.2. The average molecular weight is 338 g/mol. The molecule has 25 heavy (non-hydrogen) atoms. The number of aromatic nitrogens is 7. The zero-order valence-electron chi connectivity index (χ0n) is 14.6. The van der Waals surface area contributed by atoms with Crippen molar-refractivity contribution in [3.63, 3.8) is 0 Å². The van der Waals surface area contributed by atoms with Gasteiger partial charge in [-0.05, 0) is 30.7 Å². The Hall–Kier alpha value is -2.87. The maximum atomic E-state index is 4.55. The predicted octanol–water partition coefficient (Wildman–Crippen LogP) is 1.97. The Morgan fingerprint density at radius 3 is 2.84 bits per heavy atom. The van der Waals surface area contributed by atoms with Gasteiger partial charge in [0, 0.05) is 25.2 Å². The topological polar surface area (TPSA) is 88.4 Å². The number of nitrogens with zero attached hydrogens (tertiary/aromatic N) is 7. The molecule has 0 aliphatic rings. The highest BCUT2D eigenvalue weighted by molar-refractivity contribution is 5.54. The third-order valence-corrected chi connectivity index (χ3v) is 3.90. The fourth-order valence-corrected chi connectivity index (χ4v) is 2.68. The van der Waals surface area contributed by atoms with Crippen molar-refractivity contribution in [2.75, 3.05) is 6.54 Å². The molecule has 0 saturated carbocycles. The van der Waals surface area contributed by atoms with E-state index in [-0.39, 0.29) is 0 Å². The summed E-state index contributed by atoms with van der Waals surface area (Å²) in [5.41, 5.74) is 4.08. The first kappa shape index (κ1) is 17.0. The molecular weight excluding hydrogens is 316 g/mol. The van der Waals surface area contributed by atoms with E-state index in [1.165, 1.54) is 5.56 Å². The Balaban J connectivity index is 1.76. The first-order valence-electron chi connectivity index (χ1n) is 8.26. The zero-order valence-corrected chi connectivity index (χ0v) is 14.6. The number of aromatic amines is 1. The summed E-state index contributed by atoms with van der Waals surface area (Å²) in [4.78, 5) is 4.01. The molecule has 2 heterocycles. The van der Waals surface area contributed by atoms with Gasteiger partial charge >= 0.3 is 0 Å². The van der Waals surface area contributed by atoms with Gasteiger partial charge in [-0.25, -0.2) is 0 Å². The highest BCUT2D eigenvalue weighted by atomic mass is 15.5. The van der Waals surface area contributed by atoms with Crippen LogP contribution in [-0.4, -0.2) is 47.1 Å². The lowest BCUT2D eigenvalue weighted by atomic mass is 10.1. The lowest BCUT2D eigenvalue weighted by Crippen LogP contribution is -2.23. The van der Waals surface area contributed by atoms with Crippen LogP contribution in [0.25, 0.3) is 11.4 Å². The number of H-pyrrole nitrogens is 1. The molecule has 1 N–H and O–H groups in total. The molecule has 0 spiro atoms. The van der Waals surface area contributed by atoms with Gasteiger partial charge < -0.3 is 0 Å². The largest absolute Gasteiger partial charge is 0.289 e. The van der Waals surface area contributed by atoms with Crippen LogP contribution in [0.1, 0.15) is 23.9 Å². The molecule has 0 bridgehead atoms. The van der Waals surface area contributed by atoms with E-state index in [2.05, 4.69) is 54.4 Å². The molecular formula is C17H22N8. The second-order valence-electron chi connectivity index (χ2n) is 5.81. The van der Waals surface area contributed by atoms with Crippen LogP contribution < -0.4 is 0 Å². The van der Waals surface area contributed by atoms with E-state index < -0.39 is 0 Å². The first-order valence-corrected chi connectivity index (χ1v) is 8.26. The fraction of sp³-hybridized carbons (Fsp3) is 0.353. The molecule has 3 rings (SSSR count). The van der Waals surface area contributed by atoms with Crippen LogP contribution in [0.4, 0.5) is 0 Å². The second-order valence-corrected chi connectivity index (χ2v) is 5.81. The van der Waals surface area contributed by atoms with E-state index >= 15 is 0 Å². The van der Waals surface area contributed by atoms with Crippen LogP contribution in [0.5, 0.6) is 0 Å². The molecule has 0 aliphatic heterocycles. The van der Waals surface area contributed by atoms with Crippen molar-refractivity contribution in [2.45, 2.75) is 33.5 Å². The Bertz CT molecular complexity index is 821. The van der Waals surface area contributed by atoms with E-state index in [0.29, 0.717) is 5.82 Å². The molecule has 0 aliphatic carbocycles. The Kier molecular flexibility index (Phi) is 5.30. The van der Waals surface area contributed by atoms with Crippen LogP contribution in [0, 0.1) is 6.92 Å². The molecule has 8 nitrogen and oxygen atoms in total. The highest BCUT2D eigenvalue weighted by Crippen LogP contribution is 2.17. The summed E-state index contributed by atoms with van der Waals surface area (Å²) in [5.74, 6) is 0.596. The Morgan fingerprint density at radius 2 is 2.16 bits per heavy atom. The molecule has 0 unspecified atom stereocenters. The molecule has 0 amide bonds. The zero-order chi connectivity index (χ0) is 17.6. The lowest BCUT2D eigenvalue weighted by molar-refractivity contribution is 0.281. The highest BCUT2D eigenvalue weighted by Gasteiger charge is 2.13. The van der Waals surface area contributed by atoms with Gasteiger partial charge in [0.15, 0.2) is 0 Å². The fourth-order valence-electron chi connectivity index (χ4n) is 2.68. The standard InChI is InChI=1S/C17H22N8/c1-4-9-24(12-16-13(3)20-25(5-2)21-16)11-14-7-6-8-15(10-14)17-18-22-23-19-17/h4,6-8,10H,1,5,9,11-12H2,2-3H3,(H,18,19,22,23).